The Bertz CT molecular complexity index is 382. The normalized spacial score (nSPS) is 12.5. The number of hydrogen-bond donors (Lipinski definition) is 1. The molecule has 0 amide bonds. The molecule has 0 fully saturated rings. The van der Waals surface area contributed by atoms with Crippen molar-refractivity contribution in [3.63, 3.8) is 0 Å². The van der Waals surface area contributed by atoms with Crippen LogP contribution < -0.4 is 29.6 Å². The molecule has 0 rings (SSSR count). The Hall–Kier alpha value is -0.150. The van der Waals surface area contributed by atoms with Gasteiger partial charge in [0.15, 0.2) is 5.25 Å². The molecular formula is C9H17NaO7S. The maximum absolute atomic E-state index is 11.4. The van der Waals surface area contributed by atoms with Gasteiger partial charge in [-0.25, -0.2) is 0 Å². The third-order valence-electron chi connectivity index (χ3n) is 1.76. The van der Waals surface area contributed by atoms with Crippen molar-refractivity contribution in [1.29, 1.82) is 0 Å². The Kier molecular flexibility index (Phi) is 9.94. The Morgan fingerprint density at radius 3 is 2.17 bits per heavy atom. The molecule has 0 saturated heterocycles. The van der Waals surface area contributed by atoms with Crippen LogP contribution in [0.4, 0.5) is 0 Å². The summed E-state index contributed by atoms with van der Waals surface area (Å²) in [4.78, 5) is 22.3. The van der Waals surface area contributed by atoms with Gasteiger partial charge in [-0.3, -0.25) is 14.1 Å². The average Bonchev–Trinajstić information content (AvgIpc) is 2.20. The van der Waals surface area contributed by atoms with Gasteiger partial charge in [-0.1, -0.05) is 13.8 Å². The van der Waals surface area contributed by atoms with Crippen molar-refractivity contribution in [2.45, 2.75) is 25.5 Å². The van der Waals surface area contributed by atoms with E-state index >= 15 is 0 Å². The van der Waals surface area contributed by atoms with Gasteiger partial charge in [-0.15, -0.1) is 0 Å². The molecular weight excluding hydrogens is 275 g/mol. The first-order valence-corrected chi connectivity index (χ1v) is 6.38. The van der Waals surface area contributed by atoms with Gasteiger partial charge in [0.25, 0.3) is 10.1 Å². The number of hydrogen-bond acceptors (Lipinski definition) is 6. The summed E-state index contributed by atoms with van der Waals surface area (Å²) in [6, 6.07) is 0. The molecule has 18 heavy (non-hydrogen) atoms. The predicted molar refractivity (Wildman–Crippen MR) is 58.9 cm³/mol. The second kappa shape index (κ2) is 8.87. The van der Waals surface area contributed by atoms with Crippen LogP contribution in [0.2, 0.25) is 0 Å². The topological polar surface area (TPSA) is 107 Å². The first kappa shape index (κ1) is 20.2. The van der Waals surface area contributed by atoms with Crippen LogP contribution >= 0.6 is 0 Å². The van der Waals surface area contributed by atoms with Gasteiger partial charge < -0.3 is 10.9 Å². The van der Waals surface area contributed by atoms with Crippen LogP contribution in [-0.4, -0.2) is 43.9 Å². The molecule has 0 aliphatic rings. The van der Waals surface area contributed by atoms with Crippen LogP contribution in [-0.2, 0) is 29.2 Å². The van der Waals surface area contributed by atoms with E-state index in [-0.39, 0.29) is 43.5 Å². The van der Waals surface area contributed by atoms with Crippen molar-refractivity contribution < 1.29 is 63.0 Å². The molecule has 0 aliphatic heterocycles. The first-order valence-electron chi connectivity index (χ1n) is 4.88. The van der Waals surface area contributed by atoms with E-state index in [1.54, 1.807) is 13.8 Å². The summed E-state index contributed by atoms with van der Waals surface area (Å²) in [6.45, 7) is 3.53. The second-order valence-corrected chi connectivity index (χ2v) is 5.41. The summed E-state index contributed by atoms with van der Waals surface area (Å²) in [5, 5.41) is -1.94. The van der Waals surface area contributed by atoms with E-state index in [2.05, 4.69) is 9.47 Å². The third-order valence-corrected chi connectivity index (χ3v) is 2.84. The maximum atomic E-state index is 11.4. The van der Waals surface area contributed by atoms with Crippen LogP contribution in [0.15, 0.2) is 0 Å². The van der Waals surface area contributed by atoms with Crippen LogP contribution in [0.1, 0.15) is 21.7 Å². The second-order valence-electron chi connectivity index (χ2n) is 3.81. The molecule has 0 aromatic heterocycles. The molecule has 1 N–H and O–H groups in total. The van der Waals surface area contributed by atoms with Gasteiger partial charge in [0.1, 0.15) is 0 Å². The van der Waals surface area contributed by atoms with Gasteiger partial charge in [-0.05, 0) is 5.92 Å². The summed E-state index contributed by atoms with van der Waals surface area (Å²) in [5.74, 6) is -2.07. The molecule has 0 heterocycles. The van der Waals surface area contributed by atoms with E-state index in [1.807, 2.05) is 0 Å². The van der Waals surface area contributed by atoms with E-state index in [0.29, 0.717) is 0 Å². The van der Waals surface area contributed by atoms with E-state index in [0.717, 1.165) is 7.11 Å². The largest absolute Gasteiger partial charge is 1.00 e. The minimum Gasteiger partial charge on any atom is -1.00 e. The van der Waals surface area contributed by atoms with Crippen molar-refractivity contribution in [1.82, 2.24) is 0 Å². The van der Waals surface area contributed by atoms with Crippen LogP contribution in [0.5, 0.6) is 0 Å². The van der Waals surface area contributed by atoms with Crippen LogP contribution in [0.25, 0.3) is 0 Å². The Labute approximate surface area is 130 Å². The minimum absolute atomic E-state index is 0. The van der Waals surface area contributed by atoms with E-state index in [9.17, 15) is 18.0 Å². The fraction of sp³-hybridized carbons (Fsp3) is 0.778. The quantitative estimate of drug-likeness (QED) is 0.318. The molecule has 0 saturated carbocycles. The molecule has 0 aromatic carbocycles. The number of rotatable bonds is 6. The number of carbonyl (C=O) groups is 2. The van der Waals surface area contributed by atoms with Gasteiger partial charge >= 0.3 is 41.5 Å². The molecule has 0 radical (unpaired) electrons. The van der Waals surface area contributed by atoms with Crippen molar-refractivity contribution in [3.8, 4) is 0 Å². The van der Waals surface area contributed by atoms with E-state index < -0.39 is 33.7 Å². The van der Waals surface area contributed by atoms with Gasteiger partial charge in [0.05, 0.1) is 20.1 Å². The summed E-state index contributed by atoms with van der Waals surface area (Å²) < 4.78 is 39.5. The molecule has 0 bridgehead atoms. The molecule has 0 spiro atoms. The molecule has 0 aromatic rings. The number of carbonyl (C=O) groups excluding carboxylic acids is 2. The zero-order valence-electron chi connectivity index (χ0n) is 11.9. The Balaban J connectivity index is -0.00000128. The van der Waals surface area contributed by atoms with Crippen LogP contribution in [0, 0.1) is 5.92 Å². The smallest absolute Gasteiger partial charge is 1.00 e. The maximum Gasteiger partial charge on any atom is 1.00 e. The zero-order chi connectivity index (χ0) is 13.6. The zero-order valence-corrected chi connectivity index (χ0v) is 13.7. The first-order chi connectivity index (χ1) is 7.68. The number of esters is 2. The van der Waals surface area contributed by atoms with Crippen molar-refractivity contribution in [2.75, 3.05) is 13.7 Å². The summed E-state index contributed by atoms with van der Waals surface area (Å²) in [7, 11) is -3.65. The standard InChI is InChI=1S/C9H16O7S.Na.H/c1-6(2)5-16-9(11)7(17(12,13)14)4-8(10)15-3;;/h6-7H,4-5H2,1-3H3,(H,12,13,14);;/q;+1;-1. The van der Waals surface area contributed by atoms with E-state index in [1.165, 1.54) is 0 Å². The molecule has 7 nitrogen and oxygen atoms in total. The molecule has 1 unspecified atom stereocenters. The van der Waals surface area contributed by atoms with Crippen LogP contribution in [0.3, 0.4) is 0 Å². The Morgan fingerprint density at radius 2 is 1.83 bits per heavy atom. The predicted octanol–water partition coefficient (Wildman–Crippen LogP) is -2.88. The van der Waals surface area contributed by atoms with E-state index in [4.69, 9.17) is 4.55 Å². The SMILES string of the molecule is COC(=O)CC(C(=O)OCC(C)C)S(=O)(=O)O.[H-].[Na+]. The molecule has 1 atom stereocenters. The monoisotopic (exact) mass is 292 g/mol. The van der Waals surface area contributed by atoms with Crippen molar-refractivity contribution in [2.24, 2.45) is 5.92 Å². The molecule has 0 aliphatic carbocycles. The summed E-state index contributed by atoms with van der Waals surface area (Å²) >= 11 is 0. The summed E-state index contributed by atoms with van der Waals surface area (Å²) in [6.07, 6.45) is -0.772. The Morgan fingerprint density at radius 1 is 1.33 bits per heavy atom. The van der Waals surface area contributed by atoms with Gasteiger partial charge in [-0.2, -0.15) is 8.42 Å². The average molecular weight is 292 g/mol. The third kappa shape index (κ3) is 8.04. The molecule has 102 valence electrons. The van der Waals surface area contributed by atoms with Crippen molar-refractivity contribution in [3.05, 3.63) is 0 Å². The number of ether oxygens (including phenoxy) is 2. The fourth-order valence-corrected chi connectivity index (χ4v) is 1.54. The number of methoxy groups -OCH3 is 1. The van der Waals surface area contributed by atoms with Crippen molar-refractivity contribution >= 4 is 22.1 Å². The molecule has 9 heteroatoms. The van der Waals surface area contributed by atoms with Gasteiger partial charge in [0, 0.05) is 0 Å². The van der Waals surface area contributed by atoms with Gasteiger partial charge in [0.2, 0.25) is 0 Å². The fourth-order valence-electron chi connectivity index (χ4n) is 0.887. The minimum atomic E-state index is -4.69. The summed E-state index contributed by atoms with van der Waals surface area (Å²) in [5.41, 5.74) is 0.